The average Bonchev–Trinajstić information content (AvgIpc) is 2.89. The number of likely N-dealkylation sites (N-methyl/N-ethyl adjacent to an activating group) is 1. The minimum Gasteiger partial charge on any atom is -0.378 e. The van der Waals surface area contributed by atoms with Crippen molar-refractivity contribution in [2.45, 2.75) is 39.3 Å². The van der Waals surface area contributed by atoms with E-state index in [0.717, 1.165) is 37.8 Å². The highest BCUT2D eigenvalue weighted by molar-refractivity contribution is 5.80. The van der Waals surface area contributed by atoms with Crippen molar-refractivity contribution in [3.63, 3.8) is 0 Å². The van der Waals surface area contributed by atoms with Crippen LogP contribution in [0.2, 0.25) is 0 Å². The van der Waals surface area contributed by atoms with Crippen molar-refractivity contribution in [1.29, 1.82) is 0 Å². The van der Waals surface area contributed by atoms with Crippen molar-refractivity contribution in [1.82, 2.24) is 20.0 Å². The van der Waals surface area contributed by atoms with Crippen molar-refractivity contribution in [2.24, 2.45) is 7.05 Å². The first kappa shape index (κ1) is 18.7. The van der Waals surface area contributed by atoms with Crippen LogP contribution in [-0.4, -0.2) is 67.0 Å². The van der Waals surface area contributed by atoms with Gasteiger partial charge in [-0.25, -0.2) is 0 Å². The van der Waals surface area contributed by atoms with Gasteiger partial charge in [0.15, 0.2) is 0 Å². The van der Waals surface area contributed by atoms with Crippen LogP contribution in [0.15, 0.2) is 0 Å². The second-order valence-electron chi connectivity index (χ2n) is 6.90. The Bertz CT molecular complexity index is 562. The quantitative estimate of drug-likeness (QED) is 0.837. The molecule has 1 atom stereocenters. The first-order valence-electron chi connectivity index (χ1n) is 8.66. The standard InChI is InChI=1S/C17H31N5O2/c1-12(2)15-14(11-18-13(3)17(23)20(4)5)16(21(6)19-15)22-7-9-24-10-8-22/h12-13,18H,7-11H2,1-6H3/t13-/m0/s1. The van der Waals surface area contributed by atoms with Gasteiger partial charge in [0, 0.05) is 46.3 Å². The maximum Gasteiger partial charge on any atom is 0.238 e. The Labute approximate surface area is 144 Å². The fourth-order valence-electron chi connectivity index (χ4n) is 3.11. The smallest absolute Gasteiger partial charge is 0.238 e. The summed E-state index contributed by atoms with van der Waals surface area (Å²) in [5, 5.41) is 8.11. The predicted molar refractivity (Wildman–Crippen MR) is 95.3 cm³/mol. The van der Waals surface area contributed by atoms with Gasteiger partial charge in [0.1, 0.15) is 5.82 Å². The molecule has 2 rings (SSSR count). The predicted octanol–water partition coefficient (Wildman–Crippen LogP) is 0.946. The van der Waals surface area contributed by atoms with Crippen LogP contribution in [0.5, 0.6) is 0 Å². The molecule has 0 radical (unpaired) electrons. The third-order valence-electron chi connectivity index (χ3n) is 4.40. The van der Waals surface area contributed by atoms with Crippen LogP contribution in [0.1, 0.15) is 37.9 Å². The van der Waals surface area contributed by atoms with Gasteiger partial charge in [0.05, 0.1) is 24.9 Å². The summed E-state index contributed by atoms with van der Waals surface area (Å²) in [5.74, 6) is 1.56. The maximum absolute atomic E-state index is 12.1. The third kappa shape index (κ3) is 4.08. The van der Waals surface area contributed by atoms with E-state index in [-0.39, 0.29) is 11.9 Å². The molecule has 1 saturated heterocycles. The molecule has 1 aliphatic rings. The number of amides is 1. The Kier molecular flexibility index (Phi) is 6.23. The van der Waals surface area contributed by atoms with E-state index in [9.17, 15) is 4.79 Å². The topological polar surface area (TPSA) is 62.6 Å². The summed E-state index contributed by atoms with van der Waals surface area (Å²) in [4.78, 5) is 16.0. The van der Waals surface area contributed by atoms with Gasteiger partial charge in [-0.2, -0.15) is 5.10 Å². The van der Waals surface area contributed by atoms with E-state index in [2.05, 4.69) is 24.1 Å². The normalized spacial score (nSPS) is 16.5. The second kappa shape index (κ2) is 7.98. The molecular weight excluding hydrogens is 306 g/mol. The van der Waals surface area contributed by atoms with Gasteiger partial charge in [-0.05, 0) is 12.8 Å². The number of carbonyl (C=O) groups is 1. The fraction of sp³-hybridized carbons (Fsp3) is 0.765. The zero-order valence-corrected chi connectivity index (χ0v) is 15.8. The molecule has 1 aromatic heterocycles. The Balaban J connectivity index is 2.23. The zero-order valence-electron chi connectivity index (χ0n) is 15.8. The van der Waals surface area contributed by atoms with Crippen molar-refractivity contribution in [3.05, 3.63) is 11.3 Å². The minimum atomic E-state index is -0.224. The van der Waals surface area contributed by atoms with Gasteiger partial charge >= 0.3 is 0 Å². The van der Waals surface area contributed by atoms with E-state index >= 15 is 0 Å². The first-order valence-corrected chi connectivity index (χ1v) is 8.66. The largest absolute Gasteiger partial charge is 0.378 e. The Hall–Kier alpha value is -1.60. The number of nitrogens with zero attached hydrogens (tertiary/aromatic N) is 4. The number of aryl methyl sites for hydroxylation is 1. The Morgan fingerprint density at radius 3 is 2.46 bits per heavy atom. The summed E-state index contributed by atoms with van der Waals surface area (Å²) >= 11 is 0. The van der Waals surface area contributed by atoms with Crippen LogP contribution in [-0.2, 0) is 23.1 Å². The summed E-state index contributed by atoms with van der Waals surface area (Å²) < 4.78 is 7.44. The van der Waals surface area contributed by atoms with Crippen LogP contribution in [0.25, 0.3) is 0 Å². The maximum atomic E-state index is 12.1. The average molecular weight is 337 g/mol. The number of rotatable bonds is 6. The number of aromatic nitrogens is 2. The van der Waals surface area contributed by atoms with E-state index in [0.29, 0.717) is 12.5 Å². The lowest BCUT2D eigenvalue weighted by Crippen LogP contribution is -2.42. The number of ether oxygens (including phenoxy) is 1. The van der Waals surface area contributed by atoms with Crippen molar-refractivity contribution in [3.8, 4) is 0 Å². The molecule has 136 valence electrons. The number of hydrogen-bond donors (Lipinski definition) is 1. The molecular formula is C17H31N5O2. The molecule has 0 saturated carbocycles. The van der Waals surface area contributed by atoms with Crippen LogP contribution >= 0.6 is 0 Å². The lowest BCUT2D eigenvalue weighted by atomic mass is 10.0. The van der Waals surface area contributed by atoms with Crippen LogP contribution in [0.3, 0.4) is 0 Å². The summed E-state index contributed by atoms with van der Waals surface area (Å²) in [6.45, 7) is 10.1. The number of anilines is 1. The molecule has 2 heterocycles. The van der Waals surface area contributed by atoms with Crippen molar-refractivity contribution >= 4 is 11.7 Å². The molecule has 0 spiro atoms. The summed E-state index contributed by atoms with van der Waals surface area (Å²) in [6.07, 6.45) is 0. The zero-order chi connectivity index (χ0) is 17.9. The molecule has 1 aliphatic heterocycles. The van der Waals surface area contributed by atoms with Crippen LogP contribution in [0, 0.1) is 0 Å². The molecule has 7 nitrogen and oxygen atoms in total. The molecule has 7 heteroatoms. The number of carbonyl (C=O) groups excluding carboxylic acids is 1. The first-order chi connectivity index (χ1) is 11.3. The molecule has 1 aromatic rings. The molecule has 0 unspecified atom stereocenters. The fourth-order valence-corrected chi connectivity index (χ4v) is 3.11. The lowest BCUT2D eigenvalue weighted by Gasteiger charge is -2.30. The van der Waals surface area contributed by atoms with Crippen molar-refractivity contribution < 1.29 is 9.53 Å². The molecule has 1 N–H and O–H groups in total. The number of morpholine rings is 1. The van der Waals surface area contributed by atoms with Gasteiger partial charge in [0.25, 0.3) is 0 Å². The monoisotopic (exact) mass is 337 g/mol. The molecule has 0 aromatic carbocycles. The van der Waals surface area contributed by atoms with Crippen LogP contribution in [0.4, 0.5) is 5.82 Å². The lowest BCUT2D eigenvalue weighted by molar-refractivity contribution is -0.130. The molecule has 24 heavy (non-hydrogen) atoms. The number of nitrogens with one attached hydrogen (secondary N) is 1. The molecule has 0 bridgehead atoms. The molecule has 1 fully saturated rings. The SMILES string of the molecule is CC(C)c1nn(C)c(N2CCOCC2)c1CN[C@@H](C)C(=O)N(C)C. The second-order valence-corrected chi connectivity index (χ2v) is 6.90. The van der Waals surface area contributed by atoms with Gasteiger partial charge in [0.2, 0.25) is 5.91 Å². The Morgan fingerprint density at radius 1 is 1.29 bits per heavy atom. The van der Waals surface area contributed by atoms with E-state index in [1.54, 1.807) is 19.0 Å². The van der Waals surface area contributed by atoms with Gasteiger partial charge in [-0.1, -0.05) is 13.8 Å². The minimum absolute atomic E-state index is 0.0814. The molecule has 0 aliphatic carbocycles. The van der Waals surface area contributed by atoms with E-state index in [1.807, 2.05) is 18.7 Å². The highest BCUT2D eigenvalue weighted by Gasteiger charge is 2.25. The highest BCUT2D eigenvalue weighted by Crippen LogP contribution is 2.29. The van der Waals surface area contributed by atoms with E-state index < -0.39 is 0 Å². The summed E-state index contributed by atoms with van der Waals surface area (Å²) in [7, 11) is 5.56. The molecule has 1 amide bonds. The van der Waals surface area contributed by atoms with Gasteiger partial charge in [-0.15, -0.1) is 0 Å². The van der Waals surface area contributed by atoms with Gasteiger partial charge < -0.3 is 19.9 Å². The summed E-state index contributed by atoms with van der Waals surface area (Å²) in [5.41, 5.74) is 2.28. The van der Waals surface area contributed by atoms with Gasteiger partial charge in [-0.3, -0.25) is 9.48 Å². The van der Waals surface area contributed by atoms with Crippen LogP contribution < -0.4 is 10.2 Å². The summed E-state index contributed by atoms with van der Waals surface area (Å²) in [6, 6.07) is -0.224. The number of hydrogen-bond acceptors (Lipinski definition) is 5. The van der Waals surface area contributed by atoms with Crippen molar-refractivity contribution in [2.75, 3.05) is 45.3 Å². The third-order valence-corrected chi connectivity index (χ3v) is 4.40. The van der Waals surface area contributed by atoms with E-state index in [4.69, 9.17) is 9.84 Å². The van der Waals surface area contributed by atoms with E-state index in [1.165, 1.54) is 5.56 Å². The highest BCUT2D eigenvalue weighted by atomic mass is 16.5. The Morgan fingerprint density at radius 2 is 1.92 bits per heavy atom.